The quantitative estimate of drug-likeness (QED) is 0.447. The van der Waals surface area contributed by atoms with Gasteiger partial charge in [-0.25, -0.2) is 13.2 Å². The summed E-state index contributed by atoms with van der Waals surface area (Å²) in [5, 5.41) is 12.7. The molecule has 1 amide bonds. The summed E-state index contributed by atoms with van der Waals surface area (Å²) in [5.41, 5.74) is 5.90. The molecule has 0 bridgehead atoms. The lowest BCUT2D eigenvalue weighted by molar-refractivity contribution is -0.135. The Bertz CT molecular complexity index is 1170. The number of carbonyl (C=O) groups excluding carboxylic acids is 1. The van der Waals surface area contributed by atoms with Crippen molar-refractivity contribution >= 4 is 23.9 Å². The average Bonchev–Trinajstić information content (AvgIpc) is 3.52. The van der Waals surface area contributed by atoms with Crippen LogP contribution in [0.2, 0.25) is 0 Å². The van der Waals surface area contributed by atoms with Crippen molar-refractivity contribution in [3.05, 3.63) is 64.8 Å². The number of nitrogen functional groups attached to an aromatic ring is 1. The molecule has 4 rings (SSSR count). The minimum Gasteiger partial charge on any atom is -0.483 e. The molecular formula is C21H20F3N5O3S. The van der Waals surface area contributed by atoms with Gasteiger partial charge in [-0.1, -0.05) is 11.2 Å². The van der Waals surface area contributed by atoms with Gasteiger partial charge in [0.05, 0.1) is 6.54 Å². The zero-order valence-electron chi connectivity index (χ0n) is 17.3. The van der Waals surface area contributed by atoms with Gasteiger partial charge in [0.1, 0.15) is 23.2 Å². The summed E-state index contributed by atoms with van der Waals surface area (Å²) in [6.45, 7) is -0.865. The van der Waals surface area contributed by atoms with Crippen LogP contribution in [0.25, 0.3) is 0 Å². The Morgan fingerprint density at radius 1 is 1.15 bits per heavy atom. The lowest BCUT2D eigenvalue weighted by Gasteiger charge is -2.22. The first-order chi connectivity index (χ1) is 15.8. The second-order valence-electron chi connectivity index (χ2n) is 7.52. The largest absolute Gasteiger partial charge is 0.483 e. The van der Waals surface area contributed by atoms with E-state index in [0.717, 1.165) is 36.9 Å². The van der Waals surface area contributed by atoms with Crippen molar-refractivity contribution in [2.45, 2.75) is 36.7 Å². The maximum absolute atomic E-state index is 14.5. The molecule has 2 aromatic carbocycles. The average molecular weight is 479 g/mol. The van der Waals surface area contributed by atoms with Gasteiger partial charge in [-0.3, -0.25) is 9.93 Å². The summed E-state index contributed by atoms with van der Waals surface area (Å²) in [6.07, 6.45) is 1.52. The van der Waals surface area contributed by atoms with Gasteiger partial charge >= 0.3 is 6.01 Å². The number of hydrogen-bond donors (Lipinski definition) is 2. The number of nitrogens with zero attached hydrogens (tertiary/aromatic N) is 3. The molecule has 33 heavy (non-hydrogen) atoms. The highest BCUT2D eigenvalue weighted by Crippen LogP contribution is 2.45. The van der Waals surface area contributed by atoms with Crippen molar-refractivity contribution in [1.29, 1.82) is 0 Å². The molecule has 174 valence electrons. The number of carbonyl (C=O) groups is 1. The Labute approximate surface area is 191 Å². The summed E-state index contributed by atoms with van der Waals surface area (Å²) in [4.78, 5) is 14.7. The molecule has 0 unspecified atom stereocenters. The fourth-order valence-electron chi connectivity index (χ4n) is 3.34. The third kappa shape index (κ3) is 5.57. The van der Waals surface area contributed by atoms with Crippen molar-refractivity contribution in [3.8, 4) is 5.75 Å². The van der Waals surface area contributed by atoms with E-state index in [1.54, 1.807) is 6.07 Å². The summed E-state index contributed by atoms with van der Waals surface area (Å²) in [7, 11) is 0. The van der Waals surface area contributed by atoms with Crippen molar-refractivity contribution in [2.75, 3.05) is 12.3 Å². The number of amides is 1. The molecule has 3 aromatic rings. The van der Waals surface area contributed by atoms with Crippen LogP contribution in [0.4, 0.5) is 19.2 Å². The first-order valence-corrected chi connectivity index (χ1v) is 10.8. The number of benzene rings is 2. The number of nitrogens with two attached hydrogens (primary N) is 2. The lowest BCUT2D eigenvalue weighted by atomic mass is 10.1. The van der Waals surface area contributed by atoms with Gasteiger partial charge in [-0.05, 0) is 42.8 Å². The van der Waals surface area contributed by atoms with Gasteiger partial charge in [-0.15, -0.1) is 5.10 Å². The predicted octanol–water partition coefficient (Wildman–Crippen LogP) is 3.52. The van der Waals surface area contributed by atoms with E-state index in [1.807, 2.05) is 0 Å². The Hall–Kier alpha value is -3.25. The molecule has 1 aliphatic carbocycles. The van der Waals surface area contributed by atoms with Gasteiger partial charge < -0.3 is 19.8 Å². The molecular weight excluding hydrogens is 459 g/mol. The normalized spacial score (nSPS) is 13.2. The molecule has 0 atom stereocenters. The van der Waals surface area contributed by atoms with Crippen LogP contribution in [0.5, 0.6) is 5.75 Å². The summed E-state index contributed by atoms with van der Waals surface area (Å²) >= 11 is 0.890. The monoisotopic (exact) mass is 479 g/mol. The number of halogens is 3. The fraction of sp³-hybridized carbons (Fsp3) is 0.286. The Balaban J connectivity index is 1.53. The third-order valence-corrected chi connectivity index (χ3v) is 5.60. The van der Waals surface area contributed by atoms with Crippen LogP contribution in [0.3, 0.4) is 0 Å². The van der Waals surface area contributed by atoms with E-state index in [0.29, 0.717) is 4.90 Å². The Morgan fingerprint density at radius 3 is 2.58 bits per heavy atom. The van der Waals surface area contributed by atoms with Crippen LogP contribution in [-0.2, 0) is 17.9 Å². The number of aromatic nitrogens is 2. The van der Waals surface area contributed by atoms with E-state index in [9.17, 15) is 18.0 Å². The van der Waals surface area contributed by atoms with E-state index in [1.165, 1.54) is 17.0 Å². The second kappa shape index (κ2) is 9.71. The Morgan fingerprint density at radius 2 is 1.94 bits per heavy atom. The van der Waals surface area contributed by atoms with Gasteiger partial charge in [0.2, 0.25) is 5.89 Å². The third-order valence-electron chi connectivity index (χ3n) is 5.08. The predicted molar refractivity (Wildman–Crippen MR) is 113 cm³/mol. The van der Waals surface area contributed by atoms with Gasteiger partial charge in [-0.2, -0.15) is 0 Å². The first kappa shape index (κ1) is 22.9. The molecule has 0 aliphatic heterocycles. The van der Waals surface area contributed by atoms with Crippen molar-refractivity contribution in [3.63, 3.8) is 0 Å². The Kier molecular flexibility index (Phi) is 6.75. The molecule has 0 spiro atoms. The van der Waals surface area contributed by atoms with E-state index < -0.39 is 30.0 Å². The van der Waals surface area contributed by atoms with E-state index in [4.69, 9.17) is 20.0 Å². The van der Waals surface area contributed by atoms with E-state index in [2.05, 4.69) is 10.2 Å². The lowest BCUT2D eigenvalue weighted by Crippen LogP contribution is -2.34. The maximum Gasteiger partial charge on any atom is 0.312 e. The minimum atomic E-state index is -0.808. The highest BCUT2D eigenvalue weighted by Gasteiger charge is 2.31. The standard InChI is InChI=1S/C21H20F3N5O3S/c22-13-5-16(24)20(11-1-2-11)17(6-13)31-10-19(30)29(9-18-27-28-21(25)32-18)8-12-3-4-14(33-26)7-15(12)23/h3-7,11H,1-2,8-10,26H2,(H2,25,28). The fourth-order valence-corrected chi connectivity index (χ4v) is 3.66. The van der Waals surface area contributed by atoms with Gasteiger partial charge in [0, 0.05) is 34.7 Å². The SMILES string of the molecule is NSc1ccc(CN(Cc2nnc(N)o2)C(=O)COc2cc(F)cc(F)c2C2CC2)c(F)c1. The summed E-state index contributed by atoms with van der Waals surface area (Å²) in [6, 6.07) is 6.02. The van der Waals surface area contributed by atoms with Gasteiger partial charge in [0.15, 0.2) is 6.61 Å². The maximum atomic E-state index is 14.5. The van der Waals surface area contributed by atoms with Crippen LogP contribution in [0, 0.1) is 17.5 Å². The van der Waals surface area contributed by atoms with Crippen molar-refractivity contribution in [2.24, 2.45) is 5.14 Å². The number of ether oxygens (including phenoxy) is 1. The number of anilines is 1. The molecule has 0 radical (unpaired) electrons. The van der Waals surface area contributed by atoms with Crippen molar-refractivity contribution in [1.82, 2.24) is 15.1 Å². The van der Waals surface area contributed by atoms with E-state index in [-0.39, 0.29) is 47.8 Å². The van der Waals surface area contributed by atoms with Gasteiger partial charge in [0.25, 0.3) is 5.91 Å². The zero-order valence-corrected chi connectivity index (χ0v) is 18.1. The van der Waals surface area contributed by atoms with Crippen LogP contribution < -0.4 is 15.6 Å². The highest BCUT2D eigenvalue weighted by molar-refractivity contribution is 7.97. The van der Waals surface area contributed by atoms with Crippen LogP contribution in [0.1, 0.15) is 35.8 Å². The van der Waals surface area contributed by atoms with Crippen LogP contribution in [-0.4, -0.2) is 27.6 Å². The molecule has 8 nitrogen and oxygen atoms in total. The molecule has 12 heteroatoms. The molecule has 1 fully saturated rings. The molecule has 1 aromatic heterocycles. The van der Waals surface area contributed by atoms with E-state index >= 15 is 0 Å². The molecule has 1 aliphatic rings. The minimum absolute atomic E-state index is 0.0270. The zero-order chi connectivity index (χ0) is 23.5. The molecule has 1 heterocycles. The van der Waals surface area contributed by atoms with Crippen molar-refractivity contribution < 1.29 is 27.1 Å². The molecule has 1 saturated carbocycles. The summed E-state index contributed by atoms with van der Waals surface area (Å²) < 4.78 is 53.2. The van der Waals surface area contributed by atoms with Crippen LogP contribution >= 0.6 is 11.9 Å². The smallest absolute Gasteiger partial charge is 0.312 e. The number of hydrogen-bond acceptors (Lipinski definition) is 8. The topological polar surface area (TPSA) is 121 Å². The summed E-state index contributed by atoms with van der Waals surface area (Å²) in [5.74, 6) is -2.73. The number of rotatable bonds is 9. The first-order valence-electron chi connectivity index (χ1n) is 9.96. The highest BCUT2D eigenvalue weighted by atomic mass is 32.2. The molecule has 0 saturated heterocycles. The van der Waals surface area contributed by atoms with Crippen LogP contribution in [0.15, 0.2) is 39.6 Å². The molecule has 4 N–H and O–H groups in total. The second-order valence-corrected chi connectivity index (χ2v) is 8.22.